The lowest BCUT2D eigenvalue weighted by Gasteiger charge is -2.16. The summed E-state index contributed by atoms with van der Waals surface area (Å²) in [5, 5.41) is 10.8. The molecule has 0 saturated heterocycles. The Balaban J connectivity index is 2.30. The normalized spacial score (nSPS) is 10.4. The number of hydrogen-bond acceptors (Lipinski definition) is 4. The molecule has 2 rings (SSSR count). The molecule has 0 radical (unpaired) electrons. The van der Waals surface area contributed by atoms with Gasteiger partial charge in [0.1, 0.15) is 5.76 Å². The third-order valence-electron chi connectivity index (χ3n) is 3.21. The standard InChI is InChI=1S/C15H16N2O4/c1-3-16(4-2)15(18)14-9-8-13(21-14)11-6-5-7-12(10-11)17(19)20/h5-10H,3-4H2,1-2H3. The lowest BCUT2D eigenvalue weighted by Crippen LogP contribution is -2.30. The van der Waals surface area contributed by atoms with Crippen molar-refractivity contribution in [3.63, 3.8) is 0 Å². The second kappa shape index (κ2) is 6.21. The number of non-ortho nitro benzene ring substituents is 1. The van der Waals surface area contributed by atoms with Crippen molar-refractivity contribution in [1.82, 2.24) is 4.90 Å². The van der Waals surface area contributed by atoms with Gasteiger partial charge in [-0.25, -0.2) is 0 Å². The second-order valence-electron chi connectivity index (χ2n) is 4.45. The third-order valence-corrected chi connectivity index (χ3v) is 3.21. The molecule has 1 aromatic carbocycles. The fraction of sp³-hybridized carbons (Fsp3) is 0.267. The highest BCUT2D eigenvalue weighted by atomic mass is 16.6. The molecule has 1 aromatic heterocycles. The minimum absolute atomic E-state index is 0.0134. The van der Waals surface area contributed by atoms with Crippen molar-refractivity contribution >= 4 is 11.6 Å². The average molecular weight is 288 g/mol. The SMILES string of the molecule is CCN(CC)C(=O)c1ccc(-c2cccc([N+](=O)[O-])c2)o1. The van der Waals surface area contributed by atoms with E-state index in [2.05, 4.69) is 0 Å². The van der Waals surface area contributed by atoms with Crippen LogP contribution in [0.5, 0.6) is 0 Å². The molecule has 1 amide bonds. The number of amides is 1. The van der Waals surface area contributed by atoms with Crippen LogP contribution in [0.2, 0.25) is 0 Å². The highest BCUT2D eigenvalue weighted by molar-refractivity contribution is 5.92. The zero-order valence-corrected chi connectivity index (χ0v) is 11.9. The Morgan fingerprint density at radius 3 is 2.57 bits per heavy atom. The smallest absolute Gasteiger partial charge is 0.289 e. The second-order valence-corrected chi connectivity index (χ2v) is 4.45. The van der Waals surface area contributed by atoms with Crippen molar-refractivity contribution in [2.75, 3.05) is 13.1 Å². The van der Waals surface area contributed by atoms with Gasteiger partial charge in [0, 0.05) is 30.8 Å². The summed E-state index contributed by atoms with van der Waals surface area (Å²) in [6.45, 7) is 4.99. The van der Waals surface area contributed by atoms with Gasteiger partial charge in [-0.1, -0.05) is 12.1 Å². The maximum absolute atomic E-state index is 12.2. The lowest BCUT2D eigenvalue weighted by molar-refractivity contribution is -0.384. The minimum atomic E-state index is -0.464. The Kier molecular flexibility index (Phi) is 4.37. The molecule has 21 heavy (non-hydrogen) atoms. The van der Waals surface area contributed by atoms with Crippen molar-refractivity contribution in [1.29, 1.82) is 0 Å². The third kappa shape index (κ3) is 3.10. The van der Waals surface area contributed by atoms with Crippen molar-refractivity contribution in [3.8, 4) is 11.3 Å². The highest BCUT2D eigenvalue weighted by Crippen LogP contribution is 2.26. The highest BCUT2D eigenvalue weighted by Gasteiger charge is 2.17. The Labute approximate surface area is 122 Å². The quantitative estimate of drug-likeness (QED) is 0.624. The summed E-state index contributed by atoms with van der Waals surface area (Å²) in [7, 11) is 0. The number of benzene rings is 1. The van der Waals surface area contributed by atoms with Crippen LogP contribution >= 0.6 is 0 Å². The molecule has 0 unspecified atom stereocenters. The zero-order chi connectivity index (χ0) is 15.4. The largest absolute Gasteiger partial charge is 0.451 e. The average Bonchev–Trinajstić information content (AvgIpc) is 2.98. The van der Waals surface area contributed by atoms with E-state index >= 15 is 0 Å². The molecule has 0 aliphatic heterocycles. The van der Waals surface area contributed by atoms with E-state index in [1.807, 2.05) is 13.8 Å². The number of carbonyl (C=O) groups is 1. The van der Waals surface area contributed by atoms with Crippen LogP contribution in [0.4, 0.5) is 5.69 Å². The summed E-state index contributed by atoms with van der Waals surface area (Å²) in [6.07, 6.45) is 0. The first kappa shape index (κ1) is 14.8. The first-order chi connectivity index (χ1) is 10.1. The number of furan rings is 1. The minimum Gasteiger partial charge on any atom is -0.451 e. The van der Waals surface area contributed by atoms with E-state index < -0.39 is 4.92 Å². The molecule has 0 saturated carbocycles. The number of rotatable bonds is 5. The number of nitrogens with zero attached hydrogens (tertiary/aromatic N) is 2. The van der Waals surface area contributed by atoms with Gasteiger partial charge < -0.3 is 9.32 Å². The van der Waals surface area contributed by atoms with E-state index in [1.54, 1.807) is 29.2 Å². The molecule has 0 spiro atoms. The molecular formula is C15H16N2O4. The van der Waals surface area contributed by atoms with E-state index in [9.17, 15) is 14.9 Å². The molecule has 1 heterocycles. The van der Waals surface area contributed by atoms with Crippen LogP contribution < -0.4 is 0 Å². The van der Waals surface area contributed by atoms with Gasteiger partial charge in [0.15, 0.2) is 5.76 Å². The van der Waals surface area contributed by atoms with Crippen molar-refractivity contribution in [2.24, 2.45) is 0 Å². The Morgan fingerprint density at radius 2 is 1.95 bits per heavy atom. The molecule has 0 N–H and O–H groups in total. The van der Waals surface area contributed by atoms with Gasteiger partial charge in [0.05, 0.1) is 4.92 Å². The molecule has 0 aliphatic carbocycles. The van der Waals surface area contributed by atoms with Gasteiger partial charge in [-0.05, 0) is 26.0 Å². The lowest BCUT2D eigenvalue weighted by atomic mass is 10.1. The molecule has 6 heteroatoms. The molecule has 2 aromatic rings. The molecule has 110 valence electrons. The number of carbonyl (C=O) groups excluding carboxylic acids is 1. The van der Waals surface area contributed by atoms with E-state index in [0.29, 0.717) is 24.4 Å². The predicted molar refractivity (Wildman–Crippen MR) is 78.0 cm³/mol. The fourth-order valence-corrected chi connectivity index (χ4v) is 2.05. The maximum Gasteiger partial charge on any atom is 0.289 e. The van der Waals surface area contributed by atoms with Crippen LogP contribution in [0.3, 0.4) is 0 Å². The van der Waals surface area contributed by atoms with Crippen LogP contribution in [-0.4, -0.2) is 28.8 Å². The molecule has 6 nitrogen and oxygen atoms in total. The monoisotopic (exact) mass is 288 g/mol. The Morgan fingerprint density at radius 1 is 1.24 bits per heavy atom. The predicted octanol–water partition coefficient (Wildman–Crippen LogP) is 3.34. The van der Waals surface area contributed by atoms with Crippen LogP contribution in [0, 0.1) is 10.1 Å². The van der Waals surface area contributed by atoms with Gasteiger partial charge in [-0.15, -0.1) is 0 Å². The maximum atomic E-state index is 12.2. The number of hydrogen-bond donors (Lipinski definition) is 0. The summed E-state index contributed by atoms with van der Waals surface area (Å²) in [5.41, 5.74) is 0.559. The van der Waals surface area contributed by atoms with Gasteiger partial charge >= 0.3 is 0 Å². The van der Waals surface area contributed by atoms with Gasteiger partial charge in [-0.2, -0.15) is 0 Å². The molecule has 0 atom stereocenters. The van der Waals surface area contributed by atoms with Crippen LogP contribution in [0.1, 0.15) is 24.4 Å². The molecular weight excluding hydrogens is 272 g/mol. The molecule has 0 fully saturated rings. The summed E-state index contributed by atoms with van der Waals surface area (Å²) in [5.74, 6) is 0.492. The first-order valence-electron chi connectivity index (χ1n) is 6.70. The number of nitro groups is 1. The van der Waals surface area contributed by atoms with E-state index in [1.165, 1.54) is 12.1 Å². The van der Waals surface area contributed by atoms with Gasteiger partial charge in [-0.3, -0.25) is 14.9 Å². The summed E-state index contributed by atoms with van der Waals surface area (Å²) >= 11 is 0. The first-order valence-corrected chi connectivity index (χ1v) is 6.70. The number of nitro benzene ring substituents is 1. The van der Waals surface area contributed by atoms with Crippen molar-refractivity contribution in [3.05, 3.63) is 52.3 Å². The van der Waals surface area contributed by atoms with E-state index in [-0.39, 0.29) is 17.4 Å². The summed E-state index contributed by atoms with van der Waals surface area (Å²) in [6, 6.07) is 9.36. The Bertz CT molecular complexity index is 659. The van der Waals surface area contributed by atoms with Gasteiger partial charge in [0.25, 0.3) is 11.6 Å². The zero-order valence-electron chi connectivity index (χ0n) is 11.9. The summed E-state index contributed by atoms with van der Waals surface area (Å²) < 4.78 is 5.54. The van der Waals surface area contributed by atoms with Crippen LogP contribution in [-0.2, 0) is 0 Å². The summed E-state index contributed by atoms with van der Waals surface area (Å²) in [4.78, 5) is 24.1. The topological polar surface area (TPSA) is 76.6 Å². The molecule has 0 aliphatic rings. The van der Waals surface area contributed by atoms with Crippen molar-refractivity contribution < 1.29 is 14.1 Å². The van der Waals surface area contributed by atoms with E-state index in [4.69, 9.17) is 4.42 Å². The van der Waals surface area contributed by atoms with E-state index in [0.717, 1.165) is 0 Å². The van der Waals surface area contributed by atoms with Crippen molar-refractivity contribution in [2.45, 2.75) is 13.8 Å². The van der Waals surface area contributed by atoms with Crippen LogP contribution in [0.15, 0.2) is 40.8 Å². The Hall–Kier alpha value is -2.63. The fourth-order valence-electron chi connectivity index (χ4n) is 2.05. The van der Waals surface area contributed by atoms with Crippen LogP contribution in [0.25, 0.3) is 11.3 Å². The molecule has 0 bridgehead atoms. The van der Waals surface area contributed by atoms with Gasteiger partial charge in [0.2, 0.25) is 0 Å².